The molecule has 0 aliphatic rings. The molecule has 0 amide bonds. The van der Waals surface area contributed by atoms with Crippen molar-refractivity contribution in [1.29, 1.82) is 0 Å². The van der Waals surface area contributed by atoms with Crippen LogP contribution in [0.1, 0.15) is 4.88 Å². The first-order chi connectivity index (χ1) is 7.84. The molecule has 81 valence electrons. The Labute approximate surface area is 135 Å². The molecule has 0 unspecified atom stereocenters. The maximum absolute atomic E-state index is 4.42. The minimum atomic E-state index is 0. The minimum absolute atomic E-state index is 0. The molecule has 3 aromatic heterocycles. The molecular formula is C11H5N2S3Y-. The van der Waals surface area contributed by atoms with E-state index in [0.29, 0.717) is 0 Å². The van der Waals surface area contributed by atoms with E-state index in [0.717, 1.165) is 11.0 Å². The smallest absolute Gasteiger partial charge is 0.0991 e. The van der Waals surface area contributed by atoms with E-state index in [1.165, 1.54) is 36.8 Å². The summed E-state index contributed by atoms with van der Waals surface area (Å²) in [5, 5.41) is 5.65. The number of hydrogen-bond acceptors (Lipinski definition) is 5. The first-order valence-corrected chi connectivity index (χ1v) is 7.15. The number of thiophene rings is 2. The molecule has 4 aromatic rings. The zero-order valence-corrected chi connectivity index (χ0v) is 14.1. The second kappa shape index (κ2) is 4.32. The summed E-state index contributed by atoms with van der Waals surface area (Å²) >= 11 is 4.79. The quantitative estimate of drug-likeness (QED) is 0.444. The van der Waals surface area contributed by atoms with Crippen LogP contribution in [0, 0.1) is 12.3 Å². The van der Waals surface area contributed by atoms with Gasteiger partial charge in [-0.1, -0.05) is 4.70 Å². The Hall–Kier alpha value is 0.0639. The third kappa shape index (κ3) is 1.64. The maximum atomic E-state index is 4.42. The van der Waals surface area contributed by atoms with Crippen molar-refractivity contribution in [2.45, 2.75) is 6.92 Å². The topological polar surface area (TPSA) is 25.8 Å². The number of benzene rings is 1. The fourth-order valence-electron chi connectivity index (χ4n) is 2.01. The fourth-order valence-corrected chi connectivity index (χ4v) is 4.57. The molecule has 0 aliphatic carbocycles. The van der Waals surface area contributed by atoms with Crippen molar-refractivity contribution in [3.63, 3.8) is 0 Å². The summed E-state index contributed by atoms with van der Waals surface area (Å²) in [6.07, 6.45) is 0. The van der Waals surface area contributed by atoms with Gasteiger partial charge in [-0.3, -0.25) is 11.3 Å². The van der Waals surface area contributed by atoms with Crippen molar-refractivity contribution < 1.29 is 32.7 Å². The molecule has 4 rings (SSSR count). The van der Waals surface area contributed by atoms with Gasteiger partial charge < -0.3 is 0 Å². The molecule has 0 N–H and O–H groups in total. The number of hydrogen-bond donors (Lipinski definition) is 0. The SMILES string of the molecule is Cc1cc2c3nsnc3c3c[c-]sc3c2s1.[Y]. The Morgan fingerprint density at radius 3 is 2.71 bits per heavy atom. The number of aromatic nitrogens is 2. The predicted octanol–water partition coefficient (Wildman–Crippen LogP) is 4.23. The van der Waals surface area contributed by atoms with E-state index in [1.807, 2.05) is 17.4 Å². The second-order valence-corrected chi connectivity index (χ2v) is 6.30. The molecule has 0 spiro atoms. The van der Waals surface area contributed by atoms with E-state index in [1.54, 1.807) is 11.3 Å². The summed E-state index contributed by atoms with van der Waals surface area (Å²) < 4.78 is 11.4. The van der Waals surface area contributed by atoms with Crippen LogP contribution in [-0.4, -0.2) is 8.75 Å². The summed E-state index contributed by atoms with van der Waals surface area (Å²) in [4.78, 5) is 1.32. The van der Waals surface area contributed by atoms with E-state index in [4.69, 9.17) is 0 Å². The molecular weight excluding hydrogens is 345 g/mol. The molecule has 0 saturated carbocycles. The monoisotopic (exact) mass is 350 g/mol. The normalized spacial score (nSPS) is 11.4. The summed E-state index contributed by atoms with van der Waals surface area (Å²) in [6.45, 7) is 2.14. The van der Waals surface area contributed by atoms with Crippen molar-refractivity contribution in [2.24, 2.45) is 0 Å². The van der Waals surface area contributed by atoms with Crippen LogP contribution in [0.5, 0.6) is 0 Å². The van der Waals surface area contributed by atoms with Gasteiger partial charge >= 0.3 is 0 Å². The molecule has 0 bridgehead atoms. The van der Waals surface area contributed by atoms with Crippen LogP contribution >= 0.6 is 34.4 Å². The number of nitrogens with zero attached hydrogens (tertiary/aromatic N) is 2. The molecule has 0 saturated heterocycles. The van der Waals surface area contributed by atoms with E-state index in [-0.39, 0.29) is 32.7 Å². The van der Waals surface area contributed by atoms with Crippen LogP contribution in [0.3, 0.4) is 0 Å². The van der Waals surface area contributed by atoms with Gasteiger partial charge in [0, 0.05) is 48.5 Å². The molecule has 3 heterocycles. The Balaban J connectivity index is 0.000000902. The number of aryl methyl sites for hydroxylation is 1. The van der Waals surface area contributed by atoms with Crippen LogP contribution in [0.15, 0.2) is 12.1 Å². The molecule has 0 fully saturated rings. The van der Waals surface area contributed by atoms with Crippen LogP contribution in [0.2, 0.25) is 0 Å². The Morgan fingerprint density at radius 1 is 1.12 bits per heavy atom. The minimum Gasteiger partial charge on any atom is -0.294 e. The molecule has 2 nitrogen and oxygen atoms in total. The van der Waals surface area contributed by atoms with Crippen LogP contribution in [0.4, 0.5) is 0 Å². The Kier molecular flexibility index (Phi) is 3.08. The van der Waals surface area contributed by atoms with Gasteiger partial charge in [0.15, 0.2) is 0 Å². The molecule has 0 aliphatic heterocycles. The summed E-state index contributed by atoms with van der Waals surface area (Å²) in [7, 11) is 0. The molecule has 1 radical (unpaired) electrons. The summed E-state index contributed by atoms with van der Waals surface area (Å²) in [6, 6.07) is 4.24. The average molecular weight is 350 g/mol. The molecule has 0 atom stereocenters. The molecule has 1 aromatic carbocycles. The van der Waals surface area contributed by atoms with Crippen molar-refractivity contribution in [3.8, 4) is 0 Å². The zero-order valence-electron chi connectivity index (χ0n) is 8.85. The van der Waals surface area contributed by atoms with Crippen LogP contribution < -0.4 is 0 Å². The van der Waals surface area contributed by atoms with Gasteiger partial charge in [-0.05, 0) is 17.7 Å². The average Bonchev–Trinajstić information content (AvgIpc) is 2.91. The summed E-state index contributed by atoms with van der Waals surface area (Å²) in [5.41, 5.74) is 2.08. The van der Waals surface area contributed by atoms with Crippen LogP contribution in [0.25, 0.3) is 31.2 Å². The predicted molar refractivity (Wildman–Crippen MR) is 71.8 cm³/mol. The van der Waals surface area contributed by atoms with Gasteiger partial charge in [0.05, 0.1) is 17.2 Å². The van der Waals surface area contributed by atoms with Crippen molar-refractivity contribution in [2.75, 3.05) is 0 Å². The Morgan fingerprint density at radius 2 is 1.88 bits per heavy atom. The van der Waals surface area contributed by atoms with Gasteiger partial charge in [0.1, 0.15) is 0 Å². The van der Waals surface area contributed by atoms with Crippen molar-refractivity contribution >= 4 is 65.6 Å². The number of fused-ring (bicyclic) bond motifs is 6. The van der Waals surface area contributed by atoms with Crippen LogP contribution in [-0.2, 0) is 32.7 Å². The van der Waals surface area contributed by atoms with Gasteiger partial charge in [-0.15, -0.1) is 10.8 Å². The third-order valence-electron chi connectivity index (χ3n) is 2.67. The first kappa shape index (κ1) is 12.1. The molecule has 6 heteroatoms. The standard InChI is InChI=1S/C11H5N2S3.Y/c1-5-4-7-9-8(12-16-13-9)6-2-3-14-10(6)11(7)15-5;/h2,4H,1H3;/q-1;. The third-order valence-corrected chi connectivity index (χ3v) is 5.26. The van der Waals surface area contributed by atoms with E-state index in [9.17, 15) is 0 Å². The maximum Gasteiger partial charge on any atom is 0.0991 e. The Bertz CT molecular complexity index is 760. The molecule has 17 heavy (non-hydrogen) atoms. The van der Waals surface area contributed by atoms with E-state index in [2.05, 4.69) is 27.1 Å². The largest absolute Gasteiger partial charge is 0.294 e. The fraction of sp³-hybridized carbons (Fsp3) is 0.0909. The second-order valence-electron chi connectivity index (χ2n) is 3.67. The van der Waals surface area contributed by atoms with Gasteiger partial charge in [-0.25, -0.2) is 0 Å². The summed E-state index contributed by atoms with van der Waals surface area (Å²) in [5.74, 6) is 0. The number of rotatable bonds is 0. The van der Waals surface area contributed by atoms with Gasteiger partial charge in [0.25, 0.3) is 0 Å². The first-order valence-electron chi connectivity index (χ1n) is 4.78. The van der Waals surface area contributed by atoms with Gasteiger partial charge in [-0.2, -0.15) is 26.2 Å². The van der Waals surface area contributed by atoms with Crippen molar-refractivity contribution in [3.05, 3.63) is 22.4 Å². The van der Waals surface area contributed by atoms with E-state index < -0.39 is 0 Å². The van der Waals surface area contributed by atoms with Crippen molar-refractivity contribution in [1.82, 2.24) is 8.75 Å². The zero-order chi connectivity index (χ0) is 10.7. The van der Waals surface area contributed by atoms with E-state index >= 15 is 0 Å². The van der Waals surface area contributed by atoms with Gasteiger partial charge in [0.2, 0.25) is 0 Å².